The molecule has 0 radical (unpaired) electrons. The molecular weight excluding hydrogens is 242 g/mol. The average molecular weight is 253 g/mol. The van der Waals surface area contributed by atoms with Gasteiger partial charge in [0.2, 0.25) is 0 Å². The summed E-state index contributed by atoms with van der Waals surface area (Å²) in [6.07, 6.45) is 1.32. The van der Waals surface area contributed by atoms with E-state index in [4.69, 9.17) is 5.11 Å². The van der Waals surface area contributed by atoms with Crippen molar-refractivity contribution in [3.8, 4) is 11.4 Å². The Bertz CT molecular complexity index is 777. The lowest BCUT2D eigenvalue weighted by molar-refractivity contribution is 0.0691. The van der Waals surface area contributed by atoms with Gasteiger partial charge in [-0.25, -0.2) is 9.78 Å². The number of carbonyl (C=O) groups is 1. The van der Waals surface area contributed by atoms with Crippen molar-refractivity contribution in [1.82, 2.24) is 15.0 Å². The number of fused-ring (bicyclic) bond motifs is 1. The van der Waals surface area contributed by atoms with Crippen molar-refractivity contribution in [2.45, 2.75) is 6.92 Å². The first-order valence-electron chi connectivity index (χ1n) is 5.80. The summed E-state index contributed by atoms with van der Waals surface area (Å²) in [7, 11) is 0. The van der Waals surface area contributed by atoms with Gasteiger partial charge in [-0.15, -0.1) is 0 Å². The van der Waals surface area contributed by atoms with Crippen LogP contribution in [-0.2, 0) is 0 Å². The number of carboxylic acid groups (broad SMARTS) is 1. The Kier molecular flexibility index (Phi) is 2.52. The molecule has 0 spiro atoms. The fraction of sp³-hybridized carbons (Fsp3) is 0.0714. The van der Waals surface area contributed by atoms with Crippen LogP contribution in [0.3, 0.4) is 0 Å². The summed E-state index contributed by atoms with van der Waals surface area (Å²) in [5, 5.41) is 9.87. The Balaban J connectivity index is 2.26. The summed E-state index contributed by atoms with van der Waals surface area (Å²) in [6.45, 7) is 1.90. The van der Waals surface area contributed by atoms with Gasteiger partial charge < -0.3 is 10.1 Å². The van der Waals surface area contributed by atoms with Gasteiger partial charge in [0.15, 0.2) is 0 Å². The van der Waals surface area contributed by atoms with E-state index in [1.54, 1.807) is 0 Å². The number of pyridine rings is 1. The second-order valence-corrected chi connectivity index (χ2v) is 4.28. The number of hydrogen-bond acceptors (Lipinski definition) is 3. The first-order chi connectivity index (χ1) is 9.15. The Labute approximate surface area is 109 Å². The number of H-pyrrole nitrogens is 1. The molecule has 2 heterocycles. The summed E-state index contributed by atoms with van der Waals surface area (Å²) in [5.74, 6) is -0.479. The highest BCUT2D eigenvalue weighted by atomic mass is 16.4. The molecule has 0 amide bonds. The minimum Gasteiger partial charge on any atom is -0.477 e. The van der Waals surface area contributed by atoms with Crippen molar-refractivity contribution in [1.29, 1.82) is 0 Å². The maximum Gasteiger partial charge on any atom is 0.353 e. The molecule has 0 unspecified atom stereocenters. The largest absolute Gasteiger partial charge is 0.477 e. The molecule has 5 nitrogen and oxygen atoms in total. The smallest absolute Gasteiger partial charge is 0.353 e. The second kappa shape index (κ2) is 4.20. The molecule has 19 heavy (non-hydrogen) atoms. The highest BCUT2D eigenvalue weighted by molar-refractivity contribution is 5.94. The molecule has 1 aromatic carbocycles. The number of nitrogens with one attached hydrogen (secondary N) is 1. The number of aryl methyl sites for hydroxylation is 1. The fourth-order valence-electron chi connectivity index (χ4n) is 2.07. The Morgan fingerprint density at radius 2 is 2.11 bits per heavy atom. The van der Waals surface area contributed by atoms with Gasteiger partial charge in [0.25, 0.3) is 0 Å². The van der Waals surface area contributed by atoms with Gasteiger partial charge in [0.05, 0.1) is 11.7 Å². The lowest BCUT2D eigenvalue weighted by Gasteiger charge is -2.05. The zero-order chi connectivity index (χ0) is 13.4. The molecule has 2 N–H and O–H groups in total. The van der Waals surface area contributed by atoms with Crippen molar-refractivity contribution in [3.05, 3.63) is 47.9 Å². The van der Waals surface area contributed by atoms with E-state index in [9.17, 15) is 4.79 Å². The summed E-state index contributed by atoms with van der Waals surface area (Å²) in [6, 6.07) is 9.60. The standard InChI is InChI=1S/C14H11N3O2/c1-8-6-10(9-4-2-3-5-11(9)16-8)13-15-7-12(17-13)14(18)19/h2-7H,1H3,(H,15,17)(H,18,19). The van der Waals surface area contributed by atoms with Gasteiger partial charge in [-0.3, -0.25) is 4.98 Å². The van der Waals surface area contributed by atoms with Gasteiger partial charge >= 0.3 is 5.97 Å². The number of carboxylic acids is 1. The SMILES string of the molecule is Cc1cc(-c2ncc(C(=O)O)[nH]2)c2ccccc2n1. The molecule has 0 aliphatic carbocycles. The van der Waals surface area contributed by atoms with Crippen LogP contribution in [0.1, 0.15) is 16.2 Å². The Hall–Kier alpha value is -2.69. The zero-order valence-electron chi connectivity index (χ0n) is 10.2. The normalized spacial score (nSPS) is 10.8. The van der Waals surface area contributed by atoms with E-state index >= 15 is 0 Å². The summed E-state index contributed by atoms with van der Waals surface area (Å²) in [4.78, 5) is 22.3. The average Bonchev–Trinajstić information content (AvgIpc) is 2.87. The van der Waals surface area contributed by atoms with Crippen LogP contribution in [0, 0.1) is 6.92 Å². The number of nitrogens with zero attached hydrogens (tertiary/aromatic N) is 2. The van der Waals surface area contributed by atoms with E-state index in [-0.39, 0.29) is 5.69 Å². The molecule has 3 rings (SSSR count). The van der Waals surface area contributed by atoms with Crippen molar-refractivity contribution in [2.24, 2.45) is 0 Å². The molecule has 0 saturated carbocycles. The van der Waals surface area contributed by atoms with Crippen LogP contribution in [0.4, 0.5) is 0 Å². The minimum atomic E-state index is -1.02. The fourth-order valence-corrected chi connectivity index (χ4v) is 2.07. The molecule has 0 atom stereocenters. The van der Waals surface area contributed by atoms with Gasteiger partial charge in [-0.05, 0) is 19.1 Å². The molecule has 0 bridgehead atoms. The number of aromatic amines is 1. The van der Waals surface area contributed by atoms with E-state index in [0.717, 1.165) is 22.2 Å². The first kappa shape index (κ1) is 11.4. The maximum atomic E-state index is 10.9. The van der Waals surface area contributed by atoms with Gasteiger partial charge in [0, 0.05) is 16.6 Å². The molecule has 3 aromatic rings. The van der Waals surface area contributed by atoms with Gasteiger partial charge in [-0.1, -0.05) is 18.2 Å². The van der Waals surface area contributed by atoms with E-state index in [0.29, 0.717) is 5.82 Å². The summed E-state index contributed by atoms with van der Waals surface area (Å²) < 4.78 is 0. The number of hydrogen-bond donors (Lipinski definition) is 2. The third-order valence-electron chi connectivity index (χ3n) is 2.91. The van der Waals surface area contributed by atoms with E-state index in [1.165, 1.54) is 6.20 Å². The first-order valence-corrected chi connectivity index (χ1v) is 5.80. The third kappa shape index (κ3) is 1.95. The van der Waals surface area contributed by atoms with Gasteiger partial charge in [0.1, 0.15) is 11.5 Å². The predicted octanol–water partition coefficient (Wildman–Crippen LogP) is 2.63. The van der Waals surface area contributed by atoms with E-state index < -0.39 is 5.97 Å². The highest BCUT2D eigenvalue weighted by Crippen LogP contribution is 2.26. The van der Waals surface area contributed by atoms with Crippen LogP contribution >= 0.6 is 0 Å². The molecule has 0 saturated heterocycles. The zero-order valence-corrected chi connectivity index (χ0v) is 10.2. The number of benzene rings is 1. The highest BCUT2D eigenvalue weighted by Gasteiger charge is 2.12. The van der Waals surface area contributed by atoms with Crippen molar-refractivity contribution in [3.63, 3.8) is 0 Å². The molecule has 5 heteroatoms. The Morgan fingerprint density at radius 3 is 2.84 bits per heavy atom. The molecule has 94 valence electrons. The van der Waals surface area contributed by atoms with Crippen LogP contribution in [0.5, 0.6) is 0 Å². The molecule has 0 aliphatic heterocycles. The lowest BCUT2D eigenvalue weighted by atomic mass is 10.1. The maximum absolute atomic E-state index is 10.9. The third-order valence-corrected chi connectivity index (χ3v) is 2.91. The summed E-state index contributed by atoms with van der Waals surface area (Å²) in [5.41, 5.74) is 2.66. The summed E-state index contributed by atoms with van der Waals surface area (Å²) >= 11 is 0. The van der Waals surface area contributed by atoms with Crippen LogP contribution < -0.4 is 0 Å². The minimum absolute atomic E-state index is 0.0774. The number of rotatable bonds is 2. The topological polar surface area (TPSA) is 78.9 Å². The van der Waals surface area contributed by atoms with Crippen molar-refractivity contribution >= 4 is 16.9 Å². The predicted molar refractivity (Wildman–Crippen MR) is 71.0 cm³/mol. The molecule has 0 aliphatic rings. The van der Waals surface area contributed by atoms with Crippen LogP contribution in [0.25, 0.3) is 22.3 Å². The van der Waals surface area contributed by atoms with Crippen molar-refractivity contribution < 1.29 is 9.90 Å². The van der Waals surface area contributed by atoms with Crippen LogP contribution in [0.2, 0.25) is 0 Å². The number of aromatic carboxylic acids is 1. The van der Waals surface area contributed by atoms with Crippen LogP contribution in [-0.4, -0.2) is 26.0 Å². The molecule has 0 fully saturated rings. The van der Waals surface area contributed by atoms with E-state index in [2.05, 4.69) is 15.0 Å². The van der Waals surface area contributed by atoms with Crippen LogP contribution in [0.15, 0.2) is 36.5 Å². The van der Waals surface area contributed by atoms with Crippen molar-refractivity contribution in [2.75, 3.05) is 0 Å². The second-order valence-electron chi connectivity index (χ2n) is 4.28. The van der Waals surface area contributed by atoms with Gasteiger partial charge in [-0.2, -0.15) is 0 Å². The number of aromatic nitrogens is 3. The Morgan fingerprint density at radius 1 is 1.32 bits per heavy atom. The number of para-hydroxylation sites is 1. The molecule has 2 aromatic heterocycles. The molecular formula is C14H11N3O2. The monoisotopic (exact) mass is 253 g/mol. The van der Waals surface area contributed by atoms with E-state index in [1.807, 2.05) is 37.3 Å². The quantitative estimate of drug-likeness (QED) is 0.735. The lowest BCUT2D eigenvalue weighted by Crippen LogP contribution is -1.96. The number of imidazole rings is 1.